The third-order valence-electron chi connectivity index (χ3n) is 1.75. The first kappa shape index (κ1) is 15.1. The van der Waals surface area contributed by atoms with E-state index in [9.17, 15) is 0 Å². The first-order chi connectivity index (χ1) is 9.18. The van der Waals surface area contributed by atoms with Gasteiger partial charge >= 0.3 is 0 Å². The van der Waals surface area contributed by atoms with Crippen LogP contribution in [0.1, 0.15) is 0 Å². The van der Waals surface area contributed by atoms with Gasteiger partial charge in [-0.15, -0.1) is 0 Å². The molecule has 0 aromatic rings. The van der Waals surface area contributed by atoms with E-state index in [4.69, 9.17) is 31.7 Å². The Hall–Kier alpha value is -3.88. The lowest BCUT2D eigenvalue weighted by molar-refractivity contribution is 1.42. The lowest BCUT2D eigenvalue weighted by Crippen LogP contribution is -1.84. The Morgan fingerprint density at radius 1 is 0.842 bits per heavy atom. The predicted octanol–water partition coefficient (Wildman–Crippen LogP) is 1.55. The van der Waals surface area contributed by atoms with Crippen LogP contribution in [0.5, 0.6) is 0 Å². The number of hydrogen-bond donors (Lipinski definition) is 0. The molecule has 0 aliphatic rings. The minimum Gasteiger partial charge on any atom is -0.762 e. The molecule has 0 atom stereocenters. The van der Waals surface area contributed by atoms with Gasteiger partial charge < -0.3 is 5.41 Å². The molecule has 19 heavy (non-hydrogen) atoms. The molecule has 0 unspecified atom stereocenters. The molecule has 0 aromatic carbocycles. The molecule has 0 radical (unpaired) electrons. The second-order valence-corrected chi connectivity index (χ2v) is 2.77. The Kier molecular flexibility index (Phi) is 6.60. The normalized spacial score (nSPS) is 8.89. The van der Waals surface area contributed by atoms with E-state index in [-0.39, 0.29) is 22.3 Å². The third kappa shape index (κ3) is 4.24. The highest BCUT2D eigenvalue weighted by Gasteiger charge is 2.01. The largest absolute Gasteiger partial charge is 0.762 e. The highest BCUT2D eigenvalue weighted by atomic mass is 14.3. The van der Waals surface area contributed by atoms with Crippen molar-refractivity contribution in [3.8, 4) is 30.3 Å². The van der Waals surface area contributed by atoms with Crippen molar-refractivity contribution in [1.82, 2.24) is 0 Å². The summed E-state index contributed by atoms with van der Waals surface area (Å²) in [7, 11) is 0. The monoisotopic (exact) mass is 243 g/mol. The molecule has 0 saturated carbocycles. The van der Waals surface area contributed by atoms with Gasteiger partial charge in [0.05, 0.1) is 16.7 Å². The van der Waals surface area contributed by atoms with E-state index in [1.54, 1.807) is 36.2 Å². The molecule has 0 aliphatic carbocycles. The van der Waals surface area contributed by atoms with Crippen LogP contribution >= 0.6 is 0 Å². The Bertz CT molecular complexity index is 706. The molecule has 0 rings (SSSR count). The van der Waals surface area contributed by atoms with Crippen molar-refractivity contribution < 1.29 is 0 Å². The second kappa shape index (κ2) is 8.29. The van der Waals surface area contributed by atoms with Crippen molar-refractivity contribution in [2.45, 2.75) is 0 Å². The summed E-state index contributed by atoms with van der Waals surface area (Å²) in [5, 5.41) is 51.7. The molecule has 0 aliphatic heterocycles. The zero-order chi connectivity index (χ0) is 14.7. The molecule has 0 spiro atoms. The molecule has 0 fully saturated rings. The highest BCUT2D eigenvalue weighted by molar-refractivity contribution is 5.75. The quantitative estimate of drug-likeness (QED) is 0.419. The minimum atomic E-state index is -0.365. The van der Waals surface area contributed by atoms with Crippen LogP contribution in [0.4, 0.5) is 0 Å². The lowest BCUT2D eigenvalue weighted by Gasteiger charge is -1.91. The van der Waals surface area contributed by atoms with E-state index < -0.39 is 0 Å². The maximum atomic E-state index is 8.73. The van der Waals surface area contributed by atoms with Crippen molar-refractivity contribution in [2.75, 3.05) is 0 Å². The van der Waals surface area contributed by atoms with E-state index in [2.05, 4.69) is 0 Å². The van der Waals surface area contributed by atoms with Crippen molar-refractivity contribution in [2.24, 2.45) is 0 Å². The van der Waals surface area contributed by atoms with Crippen LogP contribution in [0.25, 0.3) is 5.41 Å². The molecule has 0 aromatic heterocycles. The molecule has 6 nitrogen and oxygen atoms in total. The van der Waals surface area contributed by atoms with Gasteiger partial charge in [0.2, 0.25) is 0 Å². The maximum Gasteiger partial charge on any atom is 0.147 e. The number of hydrogen-bond acceptors (Lipinski definition) is 5. The molecule has 0 bridgehead atoms. The third-order valence-corrected chi connectivity index (χ3v) is 1.75. The van der Waals surface area contributed by atoms with Crippen LogP contribution in [0, 0.1) is 56.7 Å². The summed E-state index contributed by atoms with van der Waals surface area (Å²) in [4.78, 5) is 0. The van der Waals surface area contributed by atoms with Gasteiger partial charge in [-0.05, 0) is 12.2 Å². The average Bonchev–Trinajstić information content (AvgIpc) is 2.45. The van der Waals surface area contributed by atoms with Gasteiger partial charge in [-0.2, -0.15) is 26.3 Å². The summed E-state index contributed by atoms with van der Waals surface area (Å²) in [6, 6.07) is 7.95. The summed E-state index contributed by atoms with van der Waals surface area (Å²) in [5.41, 5.74) is -1.08. The van der Waals surface area contributed by atoms with Crippen LogP contribution in [-0.4, -0.2) is 5.87 Å². The molecule has 0 heterocycles. The fourth-order valence-electron chi connectivity index (χ4n) is 0.884. The van der Waals surface area contributed by atoms with Gasteiger partial charge in [0, 0.05) is 0 Å². The first-order valence-corrected chi connectivity index (χ1v) is 4.59. The van der Waals surface area contributed by atoms with Gasteiger partial charge in [-0.3, -0.25) is 0 Å². The number of nitriles is 5. The van der Waals surface area contributed by atoms with Gasteiger partial charge in [-0.1, -0.05) is 6.08 Å². The minimum absolute atomic E-state index is 0.172. The van der Waals surface area contributed by atoms with Gasteiger partial charge in [0.25, 0.3) is 0 Å². The summed E-state index contributed by atoms with van der Waals surface area (Å²) in [5.74, 6) is 1.55. The second-order valence-electron chi connectivity index (χ2n) is 2.77. The van der Waals surface area contributed by atoms with Crippen LogP contribution in [0.3, 0.4) is 0 Å². The molecule has 86 valence electrons. The summed E-state index contributed by atoms with van der Waals surface area (Å²) < 4.78 is 0. The van der Waals surface area contributed by atoms with Crippen LogP contribution in [-0.2, 0) is 0 Å². The smallest absolute Gasteiger partial charge is 0.147 e. The Morgan fingerprint density at radius 3 is 1.84 bits per heavy atom. The van der Waals surface area contributed by atoms with E-state index in [0.29, 0.717) is 0 Å². The number of allylic oxidation sites excluding steroid dienone is 7. The zero-order valence-electron chi connectivity index (χ0n) is 9.42. The fourth-order valence-corrected chi connectivity index (χ4v) is 0.884. The van der Waals surface area contributed by atoms with Crippen molar-refractivity contribution >= 4 is 5.87 Å². The van der Waals surface area contributed by atoms with E-state index in [1.807, 2.05) is 0 Å². The van der Waals surface area contributed by atoms with Crippen LogP contribution < -0.4 is 0 Å². The maximum absolute atomic E-state index is 8.73. The zero-order valence-corrected chi connectivity index (χ0v) is 9.42. The predicted molar refractivity (Wildman–Crippen MR) is 64.2 cm³/mol. The van der Waals surface area contributed by atoms with E-state index >= 15 is 0 Å². The Morgan fingerprint density at radius 2 is 1.47 bits per heavy atom. The number of nitrogens with zero attached hydrogens (tertiary/aromatic N) is 6. The molecule has 0 amide bonds. The van der Waals surface area contributed by atoms with Crippen LogP contribution in [0.15, 0.2) is 40.5 Å². The fraction of sp³-hybridized carbons (Fsp3) is 0. The molecular formula is C13H3N6-. The average molecular weight is 243 g/mol. The van der Waals surface area contributed by atoms with Crippen molar-refractivity contribution in [3.05, 3.63) is 45.9 Å². The SMILES string of the molecule is N#CC(=C=[N-])C(C#N)=CC=CC(C#N)=C(C#N)C#N. The number of rotatable bonds is 3. The van der Waals surface area contributed by atoms with E-state index in [0.717, 1.165) is 12.2 Å². The topological polar surface area (TPSA) is 141 Å². The Labute approximate surface area is 109 Å². The van der Waals surface area contributed by atoms with Gasteiger partial charge in [0.15, 0.2) is 0 Å². The van der Waals surface area contributed by atoms with Gasteiger partial charge in [-0.25, -0.2) is 5.87 Å². The summed E-state index contributed by atoms with van der Waals surface area (Å²) in [6.07, 6.45) is 3.50. The first-order valence-electron chi connectivity index (χ1n) is 4.59. The van der Waals surface area contributed by atoms with Crippen LogP contribution in [0.2, 0.25) is 0 Å². The molecule has 0 N–H and O–H groups in total. The summed E-state index contributed by atoms with van der Waals surface area (Å²) >= 11 is 0. The molecular weight excluding hydrogens is 240 g/mol. The standard InChI is InChI=1S/C13H3N6/c14-4-10(12(6-16)7-17)2-1-3-11(5-15)13(8-18)9-19/h1-3H/q-1. The van der Waals surface area contributed by atoms with Crippen molar-refractivity contribution in [3.63, 3.8) is 0 Å². The van der Waals surface area contributed by atoms with E-state index in [1.165, 1.54) is 6.08 Å². The highest BCUT2D eigenvalue weighted by Crippen LogP contribution is 2.07. The molecule has 0 saturated heterocycles. The summed E-state index contributed by atoms with van der Waals surface area (Å²) in [6.45, 7) is 0. The lowest BCUT2D eigenvalue weighted by atomic mass is 10.1. The van der Waals surface area contributed by atoms with Gasteiger partial charge in [0.1, 0.15) is 35.9 Å². The Balaban J connectivity index is 5.55. The molecule has 6 heteroatoms. The van der Waals surface area contributed by atoms with Crippen molar-refractivity contribution in [1.29, 1.82) is 26.3 Å².